The second kappa shape index (κ2) is 13.9. The lowest BCUT2D eigenvalue weighted by Crippen LogP contribution is -2.52. The molecule has 8 nitrogen and oxygen atoms in total. The van der Waals surface area contributed by atoms with E-state index in [2.05, 4.69) is 5.32 Å². The topological polar surface area (TPSA) is 122 Å². The SMILES string of the molecule is COc1cccc(CNC[C@@H](O)[C@H](Cc2ccccc2)N(CCC(N)=O)S(=O)(=O)Cc2ccccc2)c1. The van der Waals surface area contributed by atoms with Crippen molar-refractivity contribution in [2.24, 2.45) is 5.73 Å². The van der Waals surface area contributed by atoms with Gasteiger partial charge in [0.05, 0.1) is 25.0 Å². The van der Waals surface area contributed by atoms with E-state index in [-0.39, 0.29) is 31.7 Å². The number of nitrogens with one attached hydrogen (secondary N) is 1. The molecule has 0 unspecified atom stereocenters. The van der Waals surface area contributed by atoms with Crippen LogP contribution in [0.4, 0.5) is 0 Å². The van der Waals surface area contributed by atoms with Crippen molar-refractivity contribution in [2.75, 3.05) is 20.2 Å². The van der Waals surface area contributed by atoms with Crippen LogP contribution < -0.4 is 15.8 Å². The first kappa shape index (κ1) is 28.3. The predicted molar refractivity (Wildman–Crippen MR) is 144 cm³/mol. The Kier molecular flexibility index (Phi) is 10.6. The monoisotopic (exact) mass is 525 g/mol. The summed E-state index contributed by atoms with van der Waals surface area (Å²) in [5.41, 5.74) is 7.85. The van der Waals surface area contributed by atoms with Crippen LogP contribution in [0.2, 0.25) is 0 Å². The number of nitrogens with zero attached hydrogens (tertiary/aromatic N) is 1. The number of ether oxygens (including phenoxy) is 1. The number of rotatable bonds is 15. The molecule has 9 heteroatoms. The van der Waals surface area contributed by atoms with E-state index < -0.39 is 28.1 Å². The van der Waals surface area contributed by atoms with Crippen LogP contribution in [0.25, 0.3) is 0 Å². The number of hydrogen-bond donors (Lipinski definition) is 3. The van der Waals surface area contributed by atoms with Crippen LogP contribution in [0.3, 0.4) is 0 Å². The molecule has 0 saturated heterocycles. The Morgan fingerprint density at radius 2 is 1.59 bits per heavy atom. The summed E-state index contributed by atoms with van der Waals surface area (Å²) in [6, 6.07) is 25.0. The number of benzene rings is 3. The number of sulfonamides is 1. The Bertz CT molecular complexity index is 1220. The summed E-state index contributed by atoms with van der Waals surface area (Å²) in [5, 5.41) is 14.5. The second-order valence-corrected chi connectivity index (χ2v) is 10.8. The molecule has 0 spiro atoms. The van der Waals surface area contributed by atoms with E-state index in [0.29, 0.717) is 12.1 Å². The fourth-order valence-corrected chi connectivity index (χ4v) is 5.94. The summed E-state index contributed by atoms with van der Waals surface area (Å²) < 4.78 is 33.8. The van der Waals surface area contributed by atoms with Gasteiger partial charge in [0, 0.05) is 26.1 Å². The van der Waals surface area contributed by atoms with Crippen LogP contribution in [0.5, 0.6) is 5.75 Å². The van der Waals surface area contributed by atoms with Gasteiger partial charge in [-0.1, -0.05) is 72.8 Å². The van der Waals surface area contributed by atoms with E-state index >= 15 is 0 Å². The summed E-state index contributed by atoms with van der Waals surface area (Å²) in [5.74, 6) is -0.127. The molecule has 0 heterocycles. The highest BCUT2D eigenvalue weighted by atomic mass is 32.2. The molecule has 0 fully saturated rings. The second-order valence-electron chi connectivity index (χ2n) is 8.88. The van der Waals surface area contributed by atoms with E-state index in [4.69, 9.17) is 10.5 Å². The fourth-order valence-electron chi connectivity index (χ4n) is 4.17. The van der Waals surface area contributed by atoms with Crippen LogP contribution >= 0.6 is 0 Å². The molecule has 0 aromatic heterocycles. The van der Waals surface area contributed by atoms with Crippen molar-refractivity contribution in [3.05, 3.63) is 102 Å². The van der Waals surface area contributed by atoms with Crippen molar-refractivity contribution >= 4 is 15.9 Å². The van der Waals surface area contributed by atoms with E-state index in [0.717, 1.165) is 16.9 Å². The number of hydrogen-bond acceptors (Lipinski definition) is 6. The van der Waals surface area contributed by atoms with Gasteiger partial charge in [-0.25, -0.2) is 8.42 Å². The van der Waals surface area contributed by atoms with Gasteiger partial charge in [0.15, 0.2) is 0 Å². The molecule has 198 valence electrons. The number of methoxy groups -OCH3 is 1. The Morgan fingerprint density at radius 3 is 2.22 bits per heavy atom. The zero-order chi connectivity index (χ0) is 26.7. The van der Waals surface area contributed by atoms with E-state index in [9.17, 15) is 18.3 Å². The quantitative estimate of drug-likeness (QED) is 0.280. The van der Waals surface area contributed by atoms with Crippen LogP contribution in [0.1, 0.15) is 23.1 Å². The zero-order valence-corrected chi connectivity index (χ0v) is 21.8. The number of carbonyl (C=O) groups is 1. The number of aliphatic hydroxyl groups excluding tert-OH is 1. The fraction of sp³-hybridized carbons (Fsp3) is 0.321. The van der Waals surface area contributed by atoms with E-state index in [1.54, 1.807) is 31.4 Å². The first-order valence-corrected chi connectivity index (χ1v) is 13.8. The van der Waals surface area contributed by atoms with E-state index in [1.807, 2.05) is 60.7 Å². The van der Waals surface area contributed by atoms with Crippen molar-refractivity contribution in [3.63, 3.8) is 0 Å². The van der Waals surface area contributed by atoms with Crippen molar-refractivity contribution in [1.29, 1.82) is 0 Å². The lowest BCUT2D eigenvalue weighted by molar-refractivity contribution is -0.118. The maximum atomic E-state index is 13.6. The third-order valence-electron chi connectivity index (χ3n) is 6.05. The number of aliphatic hydroxyl groups is 1. The molecule has 0 saturated carbocycles. The van der Waals surface area contributed by atoms with Crippen LogP contribution in [0.15, 0.2) is 84.9 Å². The molecule has 1 amide bonds. The molecular weight excluding hydrogens is 490 g/mol. The summed E-state index contributed by atoms with van der Waals surface area (Å²) in [6.45, 7) is 0.488. The van der Waals surface area contributed by atoms with Gasteiger partial charge < -0.3 is 20.9 Å². The van der Waals surface area contributed by atoms with Gasteiger partial charge in [-0.05, 0) is 35.2 Å². The smallest absolute Gasteiger partial charge is 0.218 e. The number of nitrogens with two attached hydrogens (primary N) is 1. The summed E-state index contributed by atoms with van der Waals surface area (Å²) in [6.07, 6.45) is -0.928. The lowest BCUT2D eigenvalue weighted by atomic mass is 10.0. The third-order valence-corrected chi connectivity index (χ3v) is 7.91. The summed E-state index contributed by atoms with van der Waals surface area (Å²) >= 11 is 0. The molecule has 3 rings (SSSR count). The highest BCUT2D eigenvalue weighted by molar-refractivity contribution is 7.88. The maximum absolute atomic E-state index is 13.6. The van der Waals surface area contributed by atoms with Crippen LogP contribution in [-0.2, 0) is 33.5 Å². The standard InChI is InChI=1S/C28H35N3O5S/c1-36-25-14-8-13-24(17-25)19-30-20-27(32)26(18-22-9-4-2-5-10-22)31(16-15-28(29)33)37(34,35)21-23-11-6-3-7-12-23/h2-14,17,26-27,30,32H,15-16,18-21H2,1H3,(H2,29,33)/t26-,27+/m0/s1. The predicted octanol–water partition coefficient (Wildman–Crippen LogP) is 2.46. The van der Waals surface area contributed by atoms with E-state index in [1.165, 1.54) is 4.31 Å². The number of carbonyl (C=O) groups excluding carboxylic acids is 1. The van der Waals surface area contributed by atoms with Crippen LogP contribution in [-0.4, -0.2) is 56.1 Å². The highest BCUT2D eigenvalue weighted by Gasteiger charge is 2.35. The van der Waals surface area contributed by atoms with Gasteiger partial charge >= 0.3 is 0 Å². The van der Waals surface area contributed by atoms with Crippen molar-refractivity contribution in [2.45, 2.75) is 37.3 Å². The molecule has 0 aliphatic rings. The molecule has 3 aromatic carbocycles. The molecule has 4 N–H and O–H groups in total. The van der Waals surface area contributed by atoms with Gasteiger partial charge in [-0.3, -0.25) is 4.79 Å². The van der Waals surface area contributed by atoms with Gasteiger partial charge in [0.1, 0.15) is 5.75 Å². The average Bonchev–Trinajstić information content (AvgIpc) is 2.89. The molecule has 0 radical (unpaired) electrons. The minimum atomic E-state index is -3.90. The molecule has 37 heavy (non-hydrogen) atoms. The van der Waals surface area contributed by atoms with Gasteiger partial charge in [0.25, 0.3) is 0 Å². The van der Waals surface area contributed by atoms with Crippen LogP contribution in [0, 0.1) is 0 Å². The minimum absolute atomic E-state index is 0.116. The Labute approximate surface area is 219 Å². The van der Waals surface area contributed by atoms with Gasteiger partial charge in [-0.15, -0.1) is 0 Å². The normalized spacial score (nSPS) is 13.3. The summed E-state index contributed by atoms with van der Waals surface area (Å²) in [4.78, 5) is 11.6. The molecule has 2 atom stereocenters. The molecule has 0 aliphatic carbocycles. The van der Waals surface area contributed by atoms with Crippen molar-refractivity contribution in [1.82, 2.24) is 9.62 Å². The highest BCUT2D eigenvalue weighted by Crippen LogP contribution is 2.21. The van der Waals surface area contributed by atoms with Crippen molar-refractivity contribution < 1.29 is 23.1 Å². The molecule has 3 aromatic rings. The molecule has 0 bridgehead atoms. The largest absolute Gasteiger partial charge is 0.497 e. The minimum Gasteiger partial charge on any atom is -0.497 e. The Hall–Kier alpha value is -3.24. The van der Waals surface area contributed by atoms with Gasteiger partial charge in [-0.2, -0.15) is 4.31 Å². The van der Waals surface area contributed by atoms with Crippen molar-refractivity contribution in [3.8, 4) is 5.75 Å². The average molecular weight is 526 g/mol. The Morgan fingerprint density at radius 1 is 0.973 bits per heavy atom. The summed E-state index contributed by atoms with van der Waals surface area (Å²) in [7, 11) is -2.30. The number of primary amides is 1. The maximum Gasteiger partial charge on any atom is 0.218 e. The first-order chi connectivity index (χ1) is 17.8. The molecular formula is C28H35N3O5S. The first-order valence-electron chi connectivity index (χ1n) is 12.2. The third kappa shape index (κ3) is 8.98. The number of amides is 1. The Balaban J connectivity index is 1.84. The zero-order valence-electron chi connectivity index (χ0n) is 21.0. The van der Waals surface area contributed by atoms with Gasteiger partial charge in [0.2, 0.25) is 15.9 Å². The lowest BCUT2D eigenvalue weighted by Gasteiger charge is -2.34. The molecule has 0 aliphatic heterocycles.